The summed E-state index contributed by atoms with van der Waals surface area (Å²) in [5.74, 6) is -0.850. The molecule has 0 saturated carbocycles. The number of nitrogens with zero attached hydrogens (tertiary/aromatic N) is 1. The third-order valence-corrected chi connectivity index (χ3v) is 4.90. The Hall–Kier alpha value is -1.60. The minimum Gasteiger partial charge on any atom is -0.459 e. The summed E-state index contributed by atoms with van der Waals surface area (Å²) in [7, 11) is 0. The van der Waals surface area contributed by atoms with Crippen LogP contribution in [0.15, 0.2) is 0 Å². The zero-order chi connectivity index (χ0) is 19.1. The number of hydrogen-bond donors (Lipinski definition) is 1. The average molecular weight is 389 g/mol. The molecule has 0 aliphatic heterocycles. The van der Waals surface area contributed by atoms with Gasteiger partial charge in [-0.1, -0.05) is 0 Å². The largest absolute Gasteiger partial charge is 0.459 e. The van der Waals surface area contributed by atoms with Gasteiger partial charge in [-0.2, -0.15) is 0 Å². The number of anilines is 1. The van der Waals surface area contributed by atoms with E-state index in [1.54, 1.807) is 25.7 Å². The van der Waals surface area contributed by atoms with Crippen LogP contribution in [-0.4, -0.2) is 47.8 Å². The topological polar surface area (TPSA) is 75.7 Å². The summed E-state index contributed by atoms with van der Waals surface area (Å²) >= 11 is 6.69. The number of thiophene rings is 1. The number of alkyl halides is 1. The number of ether oxygens (including phenoxy) is 1. The number of halogens is 1. The first-order valence-corrected chi connectivity index (χ1v) is 9.61. The van der Waals surface area contributed by atoms with Crippen LogP contribution in [0.5, 0.6) is 0 Å². The molecule has 0 fully saturated rings. The second kappa shape index (κ2) is 9.77. The first kappa shape index (κ1) is 21.4. The molecule has 0 aromatic carbocycles. The van der Waals surface area contributed by atoms with Crippen molar-refractivity contribution >= 4 is 45.7 Å². The highest BCUT2D eigenvalue weighted by atomic mass is 35.5. The van der Waals surface area contributed by atoms with E-state index in [2.05, 4.69) is 5.32 Å². The molecule has 8 heteroatoms. The van der Waals surface area contributed by atoms with E-state index in [9.17, 15) is 14.4 Å². The molecule has 2 amide bonds. The Labute approximate surface area is 157 Å². The summed E-state index contributed by atoms with van der Waals surface area (Å²) in [5.41, 5.74) is 0.755. The van der Waals surface area contributed by atoms with E-state index >= 15 is 0 Å². The summed E-state index contributed by atoms with van der Waals surface area (Å²) in [6, 6.07) is 0. The molecule has 1 N–H and O–H groups in total. The molecule has 140 valence electrons. The lowest BCUT2D eigenvalue weighted by atomic mass is 10.1. The molecule has 25 heavy (non-hydrogen) atoms. The van der Waals surface area contributed by atoms with Gasteiger partial charge in [-0.25, -0.2) is 4.79 Å². The molecular formula is C17H25ClN2O4S. The molecule has 0 aliphatic rings. The molecule has 0 atom stereocenters. The predicted octanol–water partition coefficient (Wildman–Crippen LogP) is 3.67. The van der Waals surface area contributed by atoms with Crippen LogP contribution in [0.25, 0.3) is 0 Å². The van der Waals surface area contributed by atoms with Crippen molar-refractivity contribution in [2.45, 2.75) is 47.1 Å². The number of carbonyl (C=O) groups excluding carboxylic acids is 3. The van der Waals surface area contributed by atoms with E-state index in [-0.39, 0.29) is 35.8 Å². The highest BCUT2D eigenvalue weighted by Gasteiger charge is 2.28. The second-order valence-corrected chi connectivity index (χ2v) is 7.08. The first-order chi connectivity index (χ1) is 11.8. The second-order valence-electron chi connectivity index (χ2n) is 5.68. The minimum atomic E-state index is -0.552. The van der Waals surface area contributed by atoms with Crippen LogP contribution in [0.2, 0.25) is 0 Å². The van der Waals surface area contributed by atoms with Crippen LogP contribution in [0.1, 0.15) is 59.7 Å². The van der Waals surface area contributed by atoms with E-state index < -0.39 is 5.97 Å². The lowest BCUT2D eigenvalue weighted by Crippen LogP contribution is -2.30. The molecule has 1 heterocycles. The summed E-state index contributed by atoms with van der Waals surface area (Å²) in [6.45, 7) is 10.1. The summed E-state index contributed by atoms with van der Waals surface area (Å²) in [6.07, 6.45) is -0.184. The van der Waals surface area contributed by atoms with Gasteiger partial charge in [0.1, 0.15) is 5.00 Å². The molecule has 0 unspecified atom stereocenters. The molecule has 0 saturated heterocycles. The number of esters is 1. The van der Waals surface area contributed by atoms with Crippen molar-refractivity contribution < 1.29 is 19.1 Å². The van der Waals surface area contributed by atoms with Gasteiger partial charge < -0.3 is 15.0 Å². The molecule has 1 aromatic rings. The van der Waals surface area contributed by atoms with E-state index in [0.29, 0.717) is 28.5 Å². The standard InChI is InChI=1S/C17H25ClN2O4S/c1-6-20(7-2)16(22)14-11(5)13(17(23)24-10(3)4)15(25-14)19-12(21)8-9-18/h10H,6-9H2,1-5H3,(H,19,21). The van der Waals surface area contributed by atoms with Gasteiger partial charge in [0, 0.05) is 25.4 Å². The van der Waals surface area contributed by atoms with Crippen LogP contribution in [0, 0.1) is 6.92 Å². The Kier molecular flexibility index (Phi) is 8.38. The Bertz CT molecular complexity index is 639. The van der Waals surface area contributed by atoms with Gasteiger partial charge in [0.2, 0.25) is 5.91 Å². The van der Waals surface area contributed by atoms with Gasteiger partial charge in [-0.05, 0) is 40.2 Å². The molecule has 1 rings (SSSR count). The highest BCUT2D eigenvalue weighted by Crippen LogP contribution is 2.35. The van der Waals surface area contributed by atoms with Gasteiger partial charge in [-0.3, -0.25) is 9.59 Å². The summed E-state index contributed by atoms with van der Waals surface area (Å²) in [4.78, 5) is 39.2. The Morgan fingerprint density at radius 3 is 2.32 bits per heavy atom. The first-order valence-electron chi connectivity index (χ1n) is 8.26. The number of amides is 2. The zero-order valence-electron chi connectivity index (χ0n) is 15.3. The Balaban J connectivity index is 3.33. The van der Waals surface area contributed by atoms with Crippen molar-refractivity contribution in [1.82, 2.24) is 4.90 Å². The monoisotopic (exact) mass is 388 g/mol. The smallest absolute Gasteiger partial charge is 0.341 e. The number of hydrogen-bond acceptors (Lipinski definition) is 5. The van der Waals surface area contributed by atoms with Crippen molar-refractivity contribution in [3.63, 3.8) is 0 Å². The number of nitrogens with one attached hydrogen (secondary N) is 1. The van der Waals surface area contributed by atoms with Crippen molar-refractivity contribution in [1.29, 1.82) is 0 Å². The fraction of sp³-hybridized carbons (Fsp3) is 0.588. The van der Waals surface area contributed by atoms with Crippen LogP contribution >= 0.6 is 22.9 Å². The lowest BCUT2D eigenvalue weighted by molar-refractivity contribution is -0.115. The third-order valence-electron chi connectivity index (χ3n) is 3.51. The molecule has 0 bridgehead atoms. The van der Waals surface area contributed by atoms with Gasteiger partial charge >= 0.3 is 5.97 Å². The minimum absolute atomic E-state index is 0.122. The molecule has 1 aromatic heterocycles. The normalized spacial score (nSPS) is 10.7. The fourth-order valence-corrected chi connectivity index (χ4v) is 3.60. The van der Waals surface area contributed by atoms with Crippen molar-refractivity contribution in [3.8, 4) is 0 Å². The summed E-state index contributed by atoms with van der Waals surface area (Å²) < 4.78 is 5.27. The van der Waals surface area contributed by atoms with E-state index in [0.717, 1.165) is 11.3 Å². The molecule has 0 aliphatic carbocycles. The van der Waals surface area contributed by atoms with E-state index in [1.807, 2.05) is 13.8 Å². The van der Waals surface area contributed by atoms with Crippen molar-refractivity contribution in [3.05, 3.63) is 16.0 Å². The van der Waals surface area contributed by atoms with Crippen LogP contribution in [0.3, 0.4) is 0 Å². The molecule has 0 spiro atoms. The molecular weight excluding hydrogens is 364 g/mol. The highest BCUT2D eigenvalue weighted by molar-refractivity contribution is 7.18. The van der Waals surface area contributed by atoms with Crippen molar-refractivity contribution in [2.75, 3.05) is 24.3 Å². The summed E-state index contributed by atoms with van der Waals surface area (Å²) in [5, 5.41) is 3.01. The Morgan fingerprint density at radius 1 is 1.24 bits per heavy atom. The fourth-order valence-electron chi connectivity index (χ4n) is 2.25. The maximum absolute atomic E-state index is 12.7. The van der Waals surface area contributed by atoms with Gasteiger partial charge in [0.05, 0.1) is 16.5 Å². The van der Waals surface area contributed by atoms with Gasteiger partial charge in [-0.15, -0.1) is 22.9 Å². The third kappa shape index (κ3) is 5.44. The SMILES string of the molecule is CCN(CC)C(=O)c1sc(NC(=O)CCCl)c(C(=O)OC(C)C)c1C. The number of carbonyl (C=O) groups is 3. The van der Waals surface area contributed by atoms with Gasteiger partial charge in [0.15, 0.2) is 0 Å². The number of rotatable bonds is 8. The Morgan fingerprint density at radius 2 is 1.84 bits per heavy atom. The maximum Gasteiger partial charge on any atom is 0.341 e. The maximum atomic E-state index is 12.7. The average Bonchev–Trinajstić information content (AvgIpc) is 2.84. The molecule has 0 radical (unpaired) electrons. The lowest BCUT2D eigenvalue weighted by Gasteiger charge is -2.18. The van der Waals surface area contributed by atoms with E-state index in [1.165, 1.54) is 0 Å². The van der Waals surface area contributed by atoms with Crippen LogP contribution in [-0.2, 0) is 9.53 Å². The van der Waals surface area contributed by atoms with Crippen LogP contribution < -0.4 is 5.32 Å². The molecule has 6 nitrogen and oxygen atoms in total. The van der Waals surface area contributed by atoms with Gasteiger partial charge in [0.25, 0.3) is 5.91 Å². The van der Waals surface area contributed by atoms with Crippen molar-refractivity contribution in [2.24, 2.45) is 0 Å². The van der Waals surface area contributed by atoms with Crippen LogP contribution in [0.4, 0.5) is 5.00 Å². The quantitative estimate of drug-likeness (QED) is 0.544. The predicted molar refractivity (Wildman–Crippen MR) is 101 cm³/mol. The van der Waals surface area contributed by atoms with E-state index in [4.69, 9.17) is 16.3 Å². The zero-order valence-corrected chi connectivity index (χ0v) is 16.8.